The van der Waals surface area contributed by atoms with E-state index < -0.39 is 5.82 Å². The van der Waals surface area contributed by atoms with Crippen LogP contribution in [0.1, 0.15) is 61.5 Å². The van der Waals surface area contributed by atoms with Gasteiger partial charge in [-0.05, 0) is 114 Å². The first-order valence-electron chi connectivity index (χ1n) is 14.2. The third kappa shape index (κ3) is 5.23. The fourth-order valence-corrected chi connectivity index (χ4v) is 6.44. The molecule has 0 unspecified atom stereocenters. The fourth-order valence-electron chi connectivity index (χ4n) is 6.44. The standard InChI is InChI=1S/C31H42FN5O/c1-20(2)35(5)31(38)27-15-26(32)6-7-28(27)37-19-25(30-21(3)16-34-17-29(30)37)14-23-10-13-36(18-23)22(4)24-8-11-33-12-9-24/h6-7,15-17,19-20,22-24,33H,8-14,18H2,1-5H3/t22-,23-/m1/s1. The zero-order chi connectivity index (χ0) is 27.0. The van der Waals surface area contributed by atoms with Gasteiger partial charge in [0.2, 0.25) is 0 Å². The van der Waals surface area contributed by atoms with Crippen molar-refractivity contribution in [1.29, 1.82) is 0 Å². The highest BCUT2D eigenvalue weighted by atomic mass is 19.1. The summed E-state index contributed by atoms with van der Waals surface area (Å²) < 4.78 is 16.4. The Bertz CT molecular complexity index is 1290. The van der Waals surface area contributed by atoms with E-state index in [2.05, 4.69) is 39.8 Å². The van der Waals surface area contributed by atoms with Crippen LogP contribution in [0.25, 0.3) is 16.6 Å². The summed E-state index contributed by atoms with van der Waals surface area (Å²) in [7, 11) is 1.77. The maximum atomic E-state index is 14.4. The van der Waals surface area contributed by atoms with Gasteiger partial charge in [0.05, 0.1) is 23.0 Å². The molecule has 2 aliphatic heterocycles. The van der Waals surface area contributed by atoms with Crippen molar-refractivity contribution in [2.75, 3.05) is 33.2 Å². The average Bonchev–Trinajstić information content (AvgIpc) is 3.53. The summed E-state index contributed by atoms with van der Waals surface area (Å²) in [6.07, 6.45) is 10.7. The topological polar surface area (TPSA) is 53.4 Å². The molecule has 7 heteroatoms. The lowest BCUT2D eigenvalue weighted by Crippen LogP contribution is -2.42. The summed E-state index contributed by atoms with van der Waals surface area (Å²) in [5.74, 6) is 0.779. The van der Waals surface area contributed by atoms with E-state index in [9.17, 15) is 9.18 Å². The quantitative estimate of drug-likeness (QED) is 0.466. The van der Waals surface area contributed by atoms with E-state index >= 15 is 0 Å². The second-order valence-electron chi connectivity index (χ2n) is 11.7. The molecule has 2 fully saturated rings. The first kappa shape index (κ1) is 26.8. The number of likely N-dealkylation sites (tertiary alicyclic amines) is 1. The molecule has 2 aliphatic rings. The van der Waals surface area contributed by atoms with Crippen LogP contribution in [-0.4, -0.2) is 70.6 Å². The van der Waals surface area contributed by atoms with Gasteiger partial charge in [-0.1, -0.05) is 0 Å². The smallest absolute Gasteiger partial charge is 0.256 e. The van der Waals surface area contributed by atoms with Gasteiger partial charge in [0.1, 0.15) is 5.82 Å². The first-order valence-corrected chi connectivity index (χ1v) is 14.2. The Labute approximate surface area is 226 Å². The molecule has 0 spiro atoms. The Balaban J connectivity index is 1.46. The van der Waals surface area contributed by atoms with Gasteiger partial charge in [0.25, 0.3) is 5.91 Å². The lowest BCUT2D eigenvalue weighted by Gasteiger charge is -2.34. The van der Waals surface area contributed by atoms with Gasteiger partial charge in [-0.3, -0.25) is 9.78 Å². The third-order valence-electron chi connectivity index (χ3n) is 8.99. The van der Waals surface area contributed by atoms with Gasteiger partial charge >= 0.3 is 0 Å². The molecule has 5 rings (SSSR count). The summed E-state index contributed by atoms with van der Waals surface area (Å²) in [5.41, 5.74) is 4.43. The van der Waals surface area contributed by atoms with Crippen molar-refractivity contribution in [3.05, 3.63) is 59.3 Å². The maximum Gasteiger partial charge on any atom is 0.256 e. The summed E-state index contributed by atoms with van der Waals surface area (Å²) in [4.78, 5) is 22.2. The van der Waals surface area contributed by atoms with Crippen molar-refractivity contribution in [2.24, 2.45) is 11.8 Å². The van der Waals surface area contributed by atoms with Crippen LogP contribution >= 0.6 is 0 Å². The number of hydrogen-bond acceptors (Lipinski definition) is 4. The zero-order valence-electron chi connectivity index (χ0n) is 23.5. The SMILES string of the molecule is Cc1cncc2c1c(C[C@H]1CCN([C@H](C)C3CCNCC3)C1)cn2-c1ccc(F)cc1C(=O)N(C)C(C)C. The van der Waals surface area contributed by atoms with E-state index in [0.29, 0.717) is 23.2 Å². The second kappa shape index (κ2) is 11.1. The molecule has 1 aromatic carbocycles. The average molecular weight is 520 g/mol. The number of nitrogens with zero attached hydrogens (tertiary/aromatic N) is 4. The number of rotatable bonds is 7. The lowest BCUT2D eigenvalue weighted by atomic mass is 9.90. The number of benzene rings is 1. The molecule has 2 saturated heterocycles. The highest BCUT2D eigenvalue weighted by Gasteiger charge is 2.32. The molecule has 4 heterocycles. The number of carbonyl (C=O) groups is 1. The Morgan fingerprint density at radius 2 is 1.95 bits per heavy atom. The molecule has 38 heavy (non-hydrogen) atoms. The van der Waals surface area contributed by atoms with Crippen molar-refractivity contribution in [2.45, 2.75) is 65.5 Å². The van der Waals surface area contributed by atoms with Crippen LogP contribution in [-0.2, 0) is 6.42 Å². The molecule has 0 radical (unpaired) electrons. The summed E-state index contributed by atoms with van der Waals surface area (Å²) in [6.45, 7) is 13.0. The molecule has 3 aromatic rings. The highest BCUT2D eigenvalue weighted by Crippen LogP contribution is 2.34. The number of amides is 1. The largest absolute Gasteiger partial charge is 0.339 e. The monoisotopic (exact) mass is 519 g/mol. The minimum atomic E-state index is -0.408. The maximum absolute atomic E-state index is 14.4. The normalized spacial score (nSPS) is 19.9. The summed E-state index contributed by atoms with van der Waals surface area (Å²) in [5, 5.41) is 4.69. The first-order chi connectivity index (χ1) is 18.2. The molecule has 2 aromatic heterocycles. The molecule has 0 bridgehead atoms. The van der Waals surface area contributed by atoms with E-state index in [1.165, 1.54) is 42.3 Å². The van der Waals surface area contributed by atoms with Crippen LogP contribution in [0.2, 0.25) is 0 Å². The van der Waals surface area contributed by atoms with Crippen LogP contribution in [0.15, 0.2) is 36.8 Å². The second-order valence-corrected chi connectivity index (χ2v) is 11.7. The molecule has 1 amide bonds. The van der Waals surface area contributed by atoms with Gasteiger partial charge in [-0.2, -0.15) is 0 Å². The minimum absolute atomic E-state index is 0.0112. The molecular formula is C31H42FN5O. The van der Waals surface area contributed by atoms with Crippen molar-refractivity contribution in [3.8, 4) is 5.69 Å². The van der Waals surface area contributed by atoms with Crippen LogP contribution in [0.4, 0.5) is 4.39 Å². The Kier molecular flexibility index (Phi) is 7.87. The van der Waals surface area contributed by atoms with Crippen LogP contribution in [0.3, 0.4) is 0 Å². The lowest BCUT2D eigenvalue weighted by molar-refractivity contribution is 0.0754. The predicted molar refractivity (Wildman–Crippen MR) is 151 cm³/mol. The number of aryl methyl sites for hydroxylation is 1. The molecule has 2 atom stereocenters. The summed E-state index contributed by atoms with van der Waals surface area (Å²) in [6, 6.07) is 5.16. The van der Waals surface area contributed by atoms with Crippen molar-refractivity contribution >= 4 is 16.8 Å². The molecule has 204 valence electrons. The predicted octanol–water partition coefficient (Wildman–Crippen LogP) is 5.21. The van der Waals surface area contributed by atoms with Gasteiger partial charge in [-0.15, -0.1) is 0 Å². The molecule has 0 saturated carbocycles. The molecule has 1 N–H and O–H groups in total. The third-order valence-corrected chi connectivity index (χ3v) is 8.99. The van der Waals surface area contributed by atoms with E-state index in [1.807, 2.05) is 26.2 Å². The van der Waals surface area contributed by atoms with E-state index in [0.717, 1.165) is 49.6 Å². The minimum Gasteiger partial charge on any atom is -0.339 e. The number of aromatic nitrogens is 2. The van der Waals surface area contributed by atoms with Gasteiger partial charge in [0, 0.05) is 43.5 Å². The number of piperidine rings is 1. The highest BCUT2D eigenvalue weighted by molar-refractivity contribution is 5.99. The van der Waals surface area contributed by atoms with Crippen molar-refractivity contribution < 1.29 is 9.18 Å². The number of halogens is 1. The fraction of sp³-hybridized carbons (Fsp3) is 0.548. The zero-order valence-corrected chi connectivity index (χ0v) is 23.5. The van der Waals surface area contributed by atoms with Gasteiger partial charge in [-0.25, -0.2) is 4.39 Å². The van der Waals surface area contributed by atoms with E-state index in [-0.39, 0.29) is 11.9 Å². The van der Waals surface area contributed by atoms with E-state index in [1.54, 1.807) is 18.0 Å². The molecular weight excluding hydrogens is 477 g/mol. The van der Waals surface area contributed by atoms with Crippen LogP contribution < -0.4 is 5.32 Å². The van der Waals surface area contributed by atoms with E-state index in [4.69, 9.17) is 0 Å². The molecule has 6 nitrogen and oxygen atoms in total. The number of carbonyl (C=O) groups excluding carboxylic acids is 1. The number of fused-ring (bicyclic) bond motifs is 1. The number of pyridine rings is 1. The number of hydrogen-bond donors (Lipinski definition) is 1. The van der Waals surface area contributed by atoms with Crippen molar-refractivity contribution in [1.82, 2.24) is 24.7 Å². The summed E-state index contributed by atoms with van der Waals surface area (Å²) >= 11 is 0. The van der Waals surface area contributed by atoms with Gasteiger partial charge < -0.3 is 19.7 Å². The Hall–Kier alpha value is -2.77. The Morgan fingerprint density at radius 3 is 2.68 bits per heavy atom. The Morgan fingerprint density at radius 1 is 1.18 bits per heavy atom. The molecule has 0 aliphatic carbocycles. The van der Waals surface area contributed by atoms with Gasteiger partial charge in [0.15, 0.2) is 0 Å². The van der Waals surface area contributed by atoms with Crippen LogP contribution in [0.5, 0.6) is 0 Å². The number of nitrogens with one attached hydrogen (secondary N) is 1. The van der Waals surface area contributed by atoms with Crippen molar-refractivity contribution in [3.63, 3.8) is 0 Å². The van der Waals surface area contributed by atoms with Crippen LogP contribution in [0, 0.1) is 24.6 Å².